The van der Waals surface area contributed by atoms with Crippen LogP contribution in [-0.4, -0.2) is 53.3 Å². The van der Waals surface area contributed by atoms with Gasteiger partial charge in [-0.25, -0.2) is 8.42 Å². The number of hydrogen-bond acceptors (Lipinski definition) is 5. The lowest BCUT2D eigenvalue weighted by Crippen LogP contribution is -2.48. The summed E-state index contributed by atoms with van der Waals surface area (Å²) in [4.78, 5) is 18.7. The first-order valence-electron chi connectivity index (χ1n) is 13.0. The maximum absolute atomic E-state index is 13.7. The number of benzene rings is 1. The van der Waals surface area contributed by atoms with Crippen molar-refractivity contribution in [2.75, 3.05) is 12.3 Å². The number of rotatable bonds is 8. The van der Waals surface area contributed by atoms with Crippen molar-refractivity contribution >= 4 is 26.6 Å². The Bertz CT molecular complexity index is 1430. The zero-order valence-corrected chi connectivity index (χ0v) is 22.0. The highest BCUT2D eigenvalue weighted by Gasteiger charge is 2.44. The largest absolute Gasteiger partial charge is 0.404 e. The number of fused-ring (bicyclic) bond motifs is 1. The molecule has 1 N–H and O–H groups in total. The van der Waals surface area contributed by atoms with Gasteiger partial charge in [-0.3, -0.25) is 14.7 Å². The lowest BCUT2D eigenvalue weighted by molar-refractivity contribution is -0.192. The van der Waals surface area contributed by atoms with Crippen molar-refractivity contribution < 1.29 is 26.4 Å². The van der Waals surface area contributed by atoms with Crippen molar-refractivity contribution in [1.82, 2.24) is 19.8 Å². The number of likely N-dealkylation sites (tertiary alicyclic amines) is 1. The van der Waals surface area contributed by atoms with Gasteiger partial charge in [0.2, 0.25) is 0 Å². The van der Waals surface area contributed by atoms with Crippen LogP contribution >= 0.6 is 0 Å². The molecular formula is C27H31F3N4O3S. The maximum atomic E-state index is 13.7. The molecule has 204 valence electrons. The number of hydrogen-bond donors (Lipinski definition) is 1. The Labute approximate surface area is 219 Å². The minimum absolute atomic E-state index is 0.0155. The van der Waals surface area contributed by atoms with E-state index in [9.17, 15) is 26.4 Å². The summed E-state index contributed by atoms with van der Waals surface area (Å²) in [6.07, 6.45) is 0.500. The SMILES string of the molecule is CCS(=O)(=O)c1ccc(CNC(=O)c2ccc3c(c2)cc(CN2CCCCC2C(F)(F)F)n3C2CC2)nc1. The number of halogens is 3. The van der Waals surface area contributed by atoms with Gasteiger partial charge in [-0.15, -0.1) is 0 Å². The molecule has 3 aromatic rings. The monoisotopic (exact) mass is 548 g/mol. The van der Waals surface area contributed by atoms with Gasteiger partial charge in [0.1, 0.15) is 6.04 Å². The summed E-state index contributed by atoms with van der Waals surface area (Å²) in [5.41, 5.74) is 2.74. The summed E-state index contributed by atoms with van der Waals surface area (Å²) in [5, 5.41) is 3.63. The molecule has 2 aliphatic rings. The van der Waals surface area contributed by atoms with Crippen molar-refractivity contribution in [2.24, 2.45) is 0 Å². The molecule has 1 aliphatic carbocycles. The highest BCUT2D eigenvalue weighted by atomic mass is 32.2. The topological polar surface area (TPSA) is 84.3 Å². The third-order valence-corrected chi connectivity index (χ3v) is 9.14. The zero-order chi connectivity index (χ0) is 27.1. The van der Waals surface area contributed by atoms with Crippen LogP contribution in [0.5, 0.6) is 0 Å². The molecule has 3 heterocycles. The summed E-state index contributed by atoms with van der Waals surface area (Å²) in [7, 11) is -3.34. The minimum atomic E-state index is -4.25. The van der Waals surface area contributed by atoms with Crippen molar-refractivity contribution in [2.45, 2.75) is 75.3 Å². The Morgan fingerprint density at radius 1 is 1.11 bits per heavy atom. The molecule has 1 saturated carbocycles. The van der Waals surface area contributed by atoms with E-state index in [4.69, 9.17) is 0 Å². The maximum Gasteiger partial charge on any atom is 0.404 e. The number of nitrogens with one attached hydrogen (secondary N) is 1. The lowest BCUT2D eigenvalue weighted by atomic mass is 10.0. The van der Waals surface area contributed by atoms with E-state index < -0.39 is 22.1 Å². The van der Waals surface area contributed by atoms with E-state index in [0.29, 0.717) is 24.2 Å². The number of carbonyl (C=O) groups is 1. The molecule has 1 saturated heterocycles. The lowest BCUT2D eigenvalue weighted by Gasteiger charge is -2.36. The third kappa shape index (κ3) is 5.58. The fourth-order valence-corrected chi connectivity index (χ4v) is 6.04. The van der Waals surface area contributed by atoms with Crippen LogP contribution in [0.2, 0.25) is 0 Å². The van der Waals surface area contributed by atoms with Gasteiger partial charge in [0.05, 0.1) is 22.9 Å². The van der Waals surface area contributed by atoms with Crippen LogP contribution in [0, 0.1) is 0 Å². The fourth-order valence-electron chi connectivity index (χ4n) is 5.22. The summed E-state index contributed by atoms with van der Waals surface area (Å²) < 4.78 is 67.1. The molecule has 0 radical (unpaired) electrons. The number of amides is 1. The third-order valence-electron chi connectivity index (χ3n) is 7.42. The van der Waals surface area contributed by atoms with E-state index in [2.05, 4.69) is 14.9 Å². The minimum Gasteiger partial charge on any atom is -0.346 e. The van der Waals surface area contributed by atoms with Crippen LogP contribution in [0.15, 0.2) is 47.5 Å². The molecule has 5 rings (SSSR count). The van der Waals surface area contributed by atoms with Crippen molar-refractivity contribution in [3.05, 3.63) is 59.5 Å². The second kappa shape index (κ2) is 10.3. The first kappa shape index (κ1) is 26.7. The van der Waals surface area contributed by atoms with Gasteiger partial charge in [0.25, 0.3) is 5.91 Å². The smallest absolute Gasteiger partial charge is 0.346 e. The Morgan fingerprint density at radius 3 is 2.55 bits per heavy atom. The number of pyridine rings is 1. The van der Waals surface area contributed by atoms with Crippen LogP contribution in [0.4, 0.5) is 13.2 Å². The first-order chi connectivity index (χ1) is 18.1. The van der Waals surface area contributed by atoms with Crippen LogP contribution in [0.1, 0.15) is 66.8 Å². The van der Waals surface area contributed by atoms with E-state index in [0.717, 1.165) is 35.9 Å². The summed E-state index contributed by atoms with van der Waals surface area (Å²) >= 11 is 0. The molecule has 1 atom stereocenters. The van der Waals surface area contributed by atoms with Crippen LogP contribution in [-0.2, 0) is 22.9 Å². The molecule has 1 amide bonds. The molecule has 7 nitrogen and oxygen atoms in total. The normalized spacial score (nSPS) is 19.1. The second-order valence-corrected chi connectivity index (χ2v) is 12.4. The molecule has 1 unspecified atom stereocenters. The second-order valence-electron chi connectivity index (χ2n) is 10.1. The molecule has 1 aliphatic heterocycles. The Kier molecular flexibility index (Phi) is 7.25. The number of sulfone groups is 1. The zero-order valence-electron chi connectivity index (χ0n) is 21.2. The van der Waals surface area contributed by atoms with Crippen LogP contribution < -0.4 is 5.32 Å². The van der Waals surface area contributed by atoms with E-state index in [1.165, 1.54) is 12.3 Å². The predicted octanol–water partition coefficient (Wildman–Crippen LogP) is 5.01. The van der Waals surface area contributed by atoms with Gasteiger partial charge in [0, 0.05) is 40.9 Å². The van der Waals surface area contributed by atoms with E-state index in [1.54, 1.807) is 30.0 Å². The van der Waals surface area contributed by atoms with E-state index >= 15 is 0 Å². The number of nitrogens with zero attached hydrogens (tertiary/aromatic N) is 3. The number of carbonyl (C=O) groups excluding carboxylic acids is 1. The highest BCUT2D eigenvalue weighted by molar-refractivity contribution is 7.91. The summed E-state index contributed by atoms with van der Waals surface area (Å²) in [6.45, 7) is 2.34. The Balaban J connectivity index is 1.33. The Hall–Kier alpha value is -2.92. The van der Waals surface area contributed by atoms with Gasteiger partial charge in [-0.2, -0.15) is 13.2 Å². The molecular weight excluding hydrogens is 517 g/mol. The van der Waals surface area contributed by atoms with Gasteiger partial charge in [-0.1, -0.05) is 13.3 Å². The van der Waals surface area contributed by atoms with Crippen molar-refractivity contribution in [3.8, 4) is 0 Å². The number of piperidine rings is 1. The first-order valence-corrected chi connectivity index (χ1v) is 14.6. The molecule has 11 heteroatoms. The average Bonchev–Trinajstić information content (AvgIpc) is 3.67. The standard InChI is InChI=1S/C27H31F3N4O3S/c1-2-38(36,37)23-10-7-20(31-16-23)15-32-26(35)18-6-11-24-19(13-18)14-22(34(24)21-8-9-21)17-33-12-4-3-5-25(33)27(28,29)30/h6-7,10-11,13-14,16,21,25H,2-5,8-9,12,15,17H2,1H3,(H,32,35). The molecule has 0 spiro atoms. The summed E-state index contributed by atoms with van der Waals surface area (Å²) in [6, 6.07) is 9.19. The molecule has 2 aromatic heterocycles. The highest BCUT2D eigenvalue weighted by Crippen LogP contribution is 2.41. The van der Waals surface area contributed by atoms with Crippen LogP contribution in [0.25, 0.3) is 10.9 Å². The van der Waals surface area contributed by atoms with E-state index in [1.807, 2.05) is 12.1 Å². The van der Waals surface area contributed by atoms with Crippen molar-refractivity contribution in [1.29, 1.82) is 0 Å². The molecule has 1 aromatic carbocycles. The number of alkyl halides is 3. The van der Waals surface area contributed by atoms with Crippen LogP contribution in [0.3, 0.4) is 0 Å². The van der Waals surface area contributed by atoms with Gasteiger partial charge >= 0.3 is 6.18 Å². The predicted molar refractivity (Wildman–Crippen MR) is 137 cm³/mol. The van der Waals surface area contributed by atoms with Gasteiger partial charge < -0.3 is 9.88 Å². The molecule has 0 bridgehead atoms. The molecule has 38 heavy (non-hydrogen) atoms. The van der Waals surface area contributed by atoms with Crippen molar-refractivity contribution in [3.63, 3.8) is 0 Å². The number of aromatic nitrogens is 2. The Morgan fingerprint density at radius 2 is 1.89 bits per heavy atom. The quantitative estimate of drug-likeness (QED) is 0.428. The van der Waals surface area contributed by atoms with Gasteiger partial charge in [-0.05, 0) is 68.6 Å². The average molecular weight is 549 g/mol. The fraction of sp³-hybridized carbons (Fsp3) is 0.481. The summed E-state index contributed by atoms with van der Waals surface area (Å²) in [5.74, 6) is -0.328. The van der Waals surface area contributed by atoms with E-state index in [-0.39, 0.29) is 42.1 Å². The molecule has 2 fully saturated rings. The van der Waals surface area contributed by atoms with Gasteiger partial charge in [0.15, 0.2) is 9.84 Å².